The van der Waals surface area contributed by atoms with Gasteiger partial charge in [-0.1, -0.05) is 12.1 Å². The SMILES string of the molecule is O=CN1CCNc2ccccc21. The summed E-state index contributed by atoms with van der Waals surface area (Å²) in [4.78, 5) is 12.3. The highest BCUT2D eigenvalue weighted by Crippen LogP contribution is 2.26. The van der Waals surface area contributed by atoms with Gasteiger partial charge in [0.05, 0.1) is 11.4 Å². The summed E-state index contributed by atoms with van der Waals surface area (Å²) in [6, 6.07) is 7.81. The molecule has 0 spiro atoms. The molecular weight excluding hydrogens is 152 g/mol. The summed E-state index contributed by atoms with van der Waals surface area (Å²) in [5.41, 5.74) is 2.01. The van der Waals surface area contributed by atoms with Gasteiger partial charge in [-0.25, -0.2) is 0 Å². The number of carbonyl (C=O) groups excluding carboxylic acids is 1. The maximum absolute atomic E-state index is 10.6. The third-order valence-electron chi connectivity index (χ3n) is 2.01. The van der Waals surface area contributed by atoms with E-state index in [0.717, 1.165) is 30.9 Å². The van der Waals surface area contributed by atoms with E-state index in [1.165, 1.54) is 0 Å². The van der Waals surface area contributed by atoms with Crippen molar-refractivity contribution in [2.75, 3.05) is 23.3 Å². The lowest BCUT2D eigenvalue weighted by Gasteiger charge is -2.26. The van der Waals surface area contributed by atoms with Gasteiger partial charge < -0.3 is 10.2 Å². The van der Waals surface area contributed by atoms with Crippen LogP contribution in [0.3, 0.4) is 0 Å². The maximum atomic E-state index is 10.6. The van der Waals surface area contributed by atoms with E-state index in [1.54, 1.807) is 4.90 Å². The highest BCUT2D eigenvalue weighted by Gasteiger charge is 2.13. The topological polar surface area (TPSA) is 32.3 Å². The van der Waals surface area contributed by atoms with Gasteiger partial charge in [0.1, 0.15) is 0 Å². The molecule has 0 saturated carbocycles. The Hall–Kier alpha value is -1.51. The van der Waals surface area contributed by atoms with Crippen LogP contribution in [-0.4, -0.2) is 19.5 Å². The molecule has 1 N–H and O–H groups in total. The Labute approximate surface area is 71.0 Å². The third-order valence-corrected chi connectivity index (χ3v) is 2.01. The van der Waals surface area contributed by atoms with Gasteiger partial charge in [-0.15, -0.1) is 0 Å². The van der Waals surface area contributed by atoms with Crippen LogP contribution in [0.1, 0.15) is 0 Å². The Morgan fingerprint density at radius 3 is 3.08 bits per heavy atom. The van der Waals surface area contributed by atoms with Crippen molar-refractivity contribution in [3.05, 3.63) is 24.3 Å². The zero-order valence-corrected chi connectivity index (χ0v) is 6.66. The highest BCUT2D eigenvalue weighted by molar-refractivity contribution is 5.84. The molecule has 1 amide bonds. The van der Waals surface area contributed by atoms with Crippen molar-refractivity contribution < 1.29 is 4.79 Å². The van der Waals surface area contributed by atoms with E-state index in [2.05, 4.69) is 5.32 Å². The molecule has 0 aliphatic carbocycles. The number of amides is 1. The molecule has 0 atom stereocenters. The summed E-state index contributed by atoms with van der Waals surface area (Å²) in [5, 5.41) is 3.23. The summed E-state index contributed by atoms with van der Waals surface area (Å²) >= 11 is 0. The first kappa shape index (κ1) is 7.16. The standard InChI is InChI=1S/C9H10N2O/c12-7-11-6-5-10-8-3-1-2-4-9(8)11/h1-4,7,10H,5-6H2. The van der Waals surface area contributed by atoms with Crippen molar-refractivity contribution in [3.8, 4) is 0 Å². The summed E-state index contributed by atoms with van der Waals surface area (Å²) < 4.78 is 0. The second kappa shape index (κ2) is 2.85. The molecule has 1 heterocycles. The zero-order chi connectivity index (χ0) is 8.39. The molecule has 1 aliphatic heterocycles. The quantitative estimate of drug-likeness (QED) is 0.626. The Morgan fingerprint density at radius 2 is 2.25 bits per heavy atom. The molecule has 3 nitrogen and oxygen atoms in total. The lowest BCUT2D eigenvalue weighted by molar-refractivity contribution is -0.107. The summed E-state index contributed by atoms with van der Waals surface area (Å²) in [6.07, 6.45) is 0.875. The average Bonchev–Trinajstić information content (AvgIpc) is 2.17. The highest BCUT2D eigenvalue weighted by atomic mass is 16.1. The normalized spacial score (nSPS) is 14.8. The van der Waals surface area contributed by atoms with Crippen LogP contribution in [0.5, 0.6) is 0 Å². The molecule has 2 rings (SSSR count). The minimum atomic E-state index is 0.751. The van der Waals surface area contributed by atoms with Crippen molar-refractivity contribution in [1.82, 2.24) is 0 Å². The number of nitrogens with zero attached hydrogens (tertiary/aromatic N) is 1. The predicted octanol–water partition coefficient (Wildman–Crippen LogP) is 1.07. The fourth-order valence-electron chi connectivity index (χ4n) is 1.41. The summed E-state index contributed by atoms with van der Waals surface area (Å²) in [6.45, 7) is 1.58. The van der Waals surface area contributed by atoms with Crippen molar-refractivity contribution in [2.45, 2.75) is 0 Å². The molecule has 0 unspecified atom stereocenters. The van der Waals surface area contributed by atoms with Crippen LogP contribution in [0, 0.1) is 0 Å². The molecule has 1 aromatic carbocycles. The Bertz CT molecular complexity index is 298. The molecule has 62 valence electrons. The monoisotopic (exact) mass is 162 g/mol. The largest absolute Gasteiger partial charge is 0.382 e. The van der Waals surface area contributed by atoms with Crippen LogP contribution >= 0.6 is 0 Å². The number of carbonyl (C=O) groups is 1. The van der Waals surface area contributed by atoms with Gasteiger partial charge in [-0.3, -0.25) is 4.79 Å². The van der Waals surface area contributed by atoms with Gasteiger partial charge in [0.2, 0.25) is 6.41 Å². The lowest BCUT2D eigenvalue weighted by Crippen LogP contribution is -2.32. The van der Waals surface area contributed by atoms with Crippen LogP contribution in [0.2, 0.25) is 0 Å². The number of hydrogen-bond donors (Lipinski definition) is 1. The summed E-state index contributed by atoms with van der Waals surface area (Å²) in [7, 11) is 0. The molecular formula is C9H10N2O. The molecule has 0 fully saturated rings. The number of para-hydroxylation sites is 2. The van der Waals surface area contributed by atoms with E-state index in [0.29, 0.717) is 0 Å². The predicted molar refractivity (Wildman–Crippen MR) is 48.3 cm³/mol. The van der Waals surface area contributed by atoms with Crippen LogP contribution in [-0.2, 0) is 4.79 Å². The minimum absolute atomic E-state index is 0.751. The lowest BCUT2D eigenvalue weighted by atomic mass is 10.2. The smallest absolute Gasteiger partial charge is 0.214 e. The van der Waals surface area contributed by atoms with Gasteiger partial charge in [0.15, 0.2) is 0 Å². The molecule has 3 heteroatoms. The first-order valence-electron chi connectivity index (χ1n) is 3.96. The molecule has 0 aromatic heterocycles. The number of anilines is 2. The number of rotatable bonds is 1. The van der Waals surface area contributed by atoms with Crippen molar-refractivity contribution in [3.63, 3.8) is 0 Å². The molecule has 1 aliphatic rings. The first-order valence-corrected chi connectivity index (χ1v) is 3.96. The average molecular weight is 162 g/mol. The zero-order valence-electron chi connectivity index (χ0n) is 6.66. The Balaban J connectivity index is 2.43. The Morgan fingerprint density at radius 1 is 1.42 bits per heavy atom. The number of hydrogen-bond acceptors (Lipinski definition) is 2. The van der Waals surface area contributed by atoms with Crippen molar-refractivity contribution in [1.29, 1.82) is 0 Å². The van der Waals surface area contributed by atoms with Crippen molar-refractivity contribution in [2.24, 2.45) is 0 Å². The van der Waals surface area contributed by atoms with Crippen molar-refractivity contribution >= 4 is 17.8 Å². The molecule has 0 radical (unpaired) electrons. The van der Waals surface area contributed by atoms with Gasteiger partial charge in [0.25, 0.3) is 0 Å². The van der Waals surface area contributed by atoms with Crippen LogP contribution in [0.4, 0.5) is 11.4 Å². The van der Waals surface area contributed by atoms with E-state index in [4.69, 9.17) is 0 Å². The third kappa shape index (κ3) is 1.03. The van der Waals surface area contributed by atoms with E-state index < -0.39 is 0 Å². The van der Waals surface area contributed by atoms with Crippen LogP contribution in [0.15, 0.2) is 24.3 Å². The van der Waals surface area contributed by atoms with Gasteiger partial charge in [0, 0.05) is 13.1 Å². The number of nitrogens with one attached hydrogen (secondary N) is 1. The van der Waals surface area contributed by atoms with E-state index >= 15 is 0 Å². The van der Waals surface area contributed by atoms with Crippen LogP contribution in [0.25, 0.3) is 0 Å². The molecule has 1 aromatic rings. The van der Waals surface area contributed by atoms with E-state index in [1.807, 2.05) is 24.3 Å². The summed E-state index contributed by atoms with van der Waals surface area (Å²) in [5.74, 6) is 0. The van der Waals surface area contributed by atoms with Gasteiger partial charge in [-0.05, 0) is 12.1 Å². The van der Waals surface area contributed by atoms with Gasteiger partial charge >= 0.3 is 0 Å². The van der Waals surface area contributed by atoms with Gasteiger partial charge in [-0.2, -0.15) is 0 Å². The maximum Gasteiger partial charge on any atom is 0.214 e. The second-order valence-electron chi connectivity index (χ2n) is 2.74. The minimum Gasteiger partial charge on any atom is -0.382 e. The van der Waals surface area contributed by atoms with E-state index in [-0.39, 0.29) is 0 Å². The van der Waals surface area contributed by atoms with E-state index in [9.17, 15) is 4.79 Å². The molecule has 0 bridgehead atoms. The fraction of sp³-hybridized carbons (Fsp3) is 0.222. The number of fused-ring (bicyclic) bond motifs is 1. The first-order chi connectivity index (χ1) is 5.92. The molecule has 0 saturated heterocycles. The van der Waals surface area contributed by atoms with Crippen LogP contribution < -0.4 is 10.2 Å². The number of benzene rings is 1. The molecule has 12 heavy (non-hydrogen) atoms. The Kier molecular flexibility index (Phi) is 1.70. The second-order valence-corrected chi connectivity index (χ2v) is 2.74. The fourth-order valence-corrected chi connectivity index (χ4v) is 1.41.